The maximum Gasteiger partial charge on any atom is 0.230 e. The molecule has 0 fully saturated rings. The standard InChI is InChI=1S/C25H35N3O2/c1-7-22(19-12-10-9-11-13-19)25(30)28(18(3)4)17-20-16-21(26-24(29)8-2)14-15-23(20)27(5)6/h9-16,18,22H,7-8,17H2,1-6H3,(H,26,29)/t22-/m0/s1. The molecule has 2 amide bonds. The summed E-state index contributed by atoms with van der Waals surface area (Å²) in [5, 5.41) is 2.93. The van der Waals surface area contributed by atoms with Crippen LogP contribution in [0.25, 0.3) is 0 Å². The van der Waals surface area contributed by atoms with E-state index in [-0.39, 0.29) is 23.8 Å². The van der Waals surface area contributed by atoms with E-state index in [4.69, 9.17) is 0 Å². The maximum absolute atomic E-state index is 13.6. The molecule has 5 heteroatoms. The average Bonchev–Trinajstić information content (AvgIpc) is 2.72. The number of benzene rings is 2. The molecule has 2 aromatic rings. The lowest BCUT2D eigenvalue weighted by molar-refractivity contribution is -0.135. The Morgan fingerprint density at radius 1 is 1.00 bits per heavy atom. The fourth-order valence-corrected chi connectivity index (χ4v) is 3.61. The van der Waals surface area contributed by atoms with Gasteiger partial charge in [0.15, 0.2) is 0 Å². The second kappa shape index (κ2) is 10.8. The number of hydrogen-bond acceptors (Lipinski definition) is 3. The van der Waals surface area contributed by atoms with Crippen molar-refractivity contribution in [2.24, 2.45) is 0 Å². The molecule has 2 rings (SSSR count). The summed E-state index contributed by atoms with van der Waals surface area (Å²) in [4.78, 5) is 29.4. The molecule has 2 aromatic carbocycles. The van der Waals surface area contributed by atoms with Gasteiger partial charge in [-0.2, -0.15) is 0 Å². The molecule has 0 aromatic heterocycles. The molecule has 0 heterocycles. The molecule has 0 radical (unpaired) electrons. The van der Waals surface area contributed by atoms with Crippen LogP contribution in [-0.4, -0.2) is 36.9 Å². The van der Waals surface area contributed by atoms with Crippen LogP contribution in [0.4, 0.5) is 11.4 Å². The van der Waals surface area contributed by atoms with Crippen LogP contribution in [0.15, 0.2) is 48.5 Å². The van der Waals surface area contributed by atoms with Gasteiger partial charge >= 0.3 is 0 Å². The van der Waals surface area contributed by atoms with Crippen molar-refractivity contribution in [1.82, 2.24) is 4.90 Å². The van der Waals surface area contributed by atoms with Crippen LogP contribution in [0, 0.1) is 0 Å². The molecule has 0 saturated heterocycles. The van der Waals surface area contributed by atoms with Gasteiger partial charge in [-0.3, -0.25) is 9.59 Å². The molecule has 0 aliphatic rings. The molecule has 5 nitrogen and oxygen atoms in total. The molecular formula is C25H35N3O2. The molecule has 0 aliphatic carbocycles. The zero-order valence-corrected chi connectivity index (χ0v) is 19.1. The molecule has 0 unspecified atom stereocenters. The van der Waals surface area contributed by atoms with Gasteiger partial charge in [0.05, 0.1) is 5.92 Å². The third kappa shape index (κ3) is 5.85. The van der Waals surface area contributed by atoms with E-state index in [0.717, 1.165) is 28.9 Å². The summed E-state index contributed by atoms with van der Waals surface area (Å²) >= 11 is 0. The lowest BCUT2D eigenvalue weighted by Crippen LogP contribution is -2.39. The van der Waals surface area contributed by atoms with Gasteiger partial charge < -0.3 is 15.1 Å². The van der Waals surface area contributed by atoms with Gasteiger partial charge in [-0.25, -0.2) is 0 Å². The highest BCUT2D eigenvalue weighted by Gasteiger charge is 2.27. The van der Waals surface area contributed by atoms with E-state index in [1.807, 2.05) is 93.2 Å². The molecule has 162 valence electrons. The van der Waals surface area contributed by atoms with Crippen molar-refractivity contribution in [1.29, 1.82) is 0 Å². The van der Waals surface area contributed by atoms with Gasteiger partial charge in [0.25, 0.3) is 0 Å². The van der Waals surface area contributed by atoms with E-state index in [0.29, 0.717) is 13.0 Å². The van der Waals surface area contributed by atoms with E-state index >= 15 is 0 Å². The SMILES string of the molecule is CCC(=O)Nc1ccc(N(C)C)c(CN(C(=O)[C@@H](CC)c2ccccc2)C(C)C)c1. The number of nitrogens with zero attached hydrogens (tertiary/aromatic N) is 2. The molecule has 0 saturated carbocycles. The molecule has 0 spiro atoms. The zero-order chi connectivity index (χ0) is 22.3. The Hall–Kier alpha value is -2.82. The maximum atomic E-state index is 13.6. The van der Waals surface area contributed by atoms with Crippen molar-refractivity contribution in [2.75, 3.05) is 24.3 Å². The summed E-state index contributed by atoms with van der Waals surface area (Å²) in [6.07, 6.45) is 1.18. The minimum absolute atomic E-state index is 0.0227. The monoisotopic (exact) mass is 409 g/mol. The lowest BCUT2D eigenvalue weighted by Gasteiger charge is -2.32. The number of amides is 2. The highest BCUT2D eigenvalue weighted by atomic mass is 16.2. The zero-order valence-electron chi connectivity index (χ0n) is 19.1. The Kier molecular flexibility index (Phi) is 8.46. The van der Waals surface area contributed by atoms with Crippen LogP contribution < -0.4 is 10.2 Å². The van der Waals surface area contributed by atoms with Crippen molar-refractivity contribution in [2.45, 2.75) is 59.0 Å². The first-order valence-electron chi connectivity index (χ1n) is 10.7. The van der Waals surface area contributed by atoms with E-state index in [1.165, 1.54) is 0 Å². The third-order valence-electron chi connectivity index (χ3n) is 5.32. The smallest absolute Gasteiger partial charge is 0.230 e. The van der Waals surface area contributed by atoms with Crippen LogP contribution in [-0.2, 0) is 16.1 Å². The lowest BCUT2D eigenvalue weighted by atomic mass is 9.94. The Morgan fingerprint density at radius 2 is 1.67 bits per heavy atom. The van der Waals surface area contributed by atoms with Gasteiger partial charge in [-0.05, 0) is 49.6 Å². The van der Waals surface area contributed by atoms with Gasteiger partial charge in [-0.1, -0.05) is 44.2 Å². The first kappa shape index (κ1) is 23.5. The number of carbonyl (C=O) groups excluding carboxylic acids is 2. The highest BCUT2D eigenvalue weighted by Crippen LogP contribution is 2.28. The molecule has 0 aliphatic heterocycles. The third-order valence-corrected chi connectivity index (χ3v) is 5.32. The number of hydrogen-bond donors (Lipinski definition) is 1. The van der Waals surface area contributed by atoms with Gasteiger partial charge in [-0.15, -0.1) is 0 Å². The largest absolute Gasteiger partial charge is 0.377 e. The van der Waals surface area contributed by atoms with Crippen LogP contribution >= 0.6 is 0 Å². The highest BCUT2D eigenvalue weighted by molar-refractivity contribution is 5.91. The topological polar surface area (TPSA) is 52.7 Å². The predicted octanol–water partition coefficient (Wildman–Crippen LogP) is 5.03. The first-order valence-corrected chi connectivity index (χ1v) is 10.7. The summed E-state index contributed by atoms with van der Waals surface area (Å²) in [6, 6.07) is 15.9. The second-order valence-corrected chi connectivity index (χ2v) is 8.07. The average molecular weight is 410 g/mol. The van der Waals surface area contributed by atoms with Crippen LogP contribution in [0.5, 0.6) is 0 Å². The minimum atomic E-state index is -0.167. The van der Waals surface area contributed by atoms with E-state index in [9.17, 15) is 9.59 Å². The molecule has 30 heavy (non-hydrogen) atoms. The molecule has 1 N–H and O–H groups in total. The van der Waals surface area contributed by atoms with Crippen LogP contribution in [0.3, 0.4) is 0 Å². The number of rotatable bonds is 9. The van der Waals surface area contributed by atoms with Gasteiger partial charge in [0.1, 0.15) is 0 Å². The van der Waals surface area contributed by atoms with Crippen molar-refractivity contribution in [3.8, 4) is 0 Å². The second-order valence-electron chi connectivity index (χ2n) is 8.07. The quantitative estimate of drug-likeness (QED) is 0.632. The summed E-state index contributed by atoms with van der Waals surface area (Å²) in [5.41, 5.74) is 3.86. The minimum Gasteiger partial charge on any atom is -0.377 e. The Bertz CT molecular complexity index is 847. The number of anilines is 2. The summed E-state index contributed by atoms with van der Waals surface area (Å²) in [5.74, 6) is -0.0590. The van der Waals surface area contributed by atoms with E-state index in [1.54, 1.807) is 0 Å². The van der Waals surface area contributed by atoms with Crippen molar-refractivity contribution >= 4 is 23.2 Å². The number of carbonyl (C=O) groups is 2. The summed E-state index contributed by atoms with van der Waals surface area (Å²) in [7, 11) is 3.98. The fraction of sp³-hybridized carbons (Fsp3) is 0.440. The Morgan fingerprint density at radius 3 is 2.20 bits per heavy atom. The predicted molar refractivity (Wildman–Crippen MR) is 125 cm³/mol. The molecule has 1 atom stereocenters. The van der Waals surface area contributed by atoms with Crippen LogP contribution in [0.2, 0.25) is 0 Å². The normalized spacial score (nSPS) is 11.8. The van der Waals surface area contributed by atoms with E-state index < -0.39 is 0 Å². The first-order chi connectivity index (χ1) is 14.3. The fourth-order valence-electron chi connectivity index (χ4n) is 3.61. The van der Waals surface area contributed by atoms with Crippen LogP contribution in [0.1, 0.15) is 57.6 Å². The Balaban J connectivity index is 2.38. The van der Waals surface area contributed by atoms with E-state index in [2.05, 4.69) is 12.2 Å². The molecular weight excluding hydrogens is 374 g/mol. The van der Waals surface area contributed by atoms with Gasteiger partial charge in [0, 0.05) is 44.5 Å². The Labute approximate surface area is 181 Å². The van der Waals surface area contributed by atoms with Crippen molar-refractivity contribution in [3.05, 3.63) is 59.7 Å². The number of nitrogens with one attached hydrogen (secondary N) is 1. The summed E-state index contributed by atoms with van der Waals surface area (Å²) in [6.45, 7) is 8.47. The summed E-state index contributed by atoms with van der Waals surface area (Å²) < 4.78 is 0. The van der Waals surface area contributed by atoms with Crippen molar-refractivity contribution < 1.29 is 9.59 Å². The van der Waals surface area contributed by atoms with Gasteiger partial charge in [0.2, 0.25) is 11.8 Å². The molecule has 0 bridgehead atoms. The van der Waals surface area contributed by atoms with Crippen molar-refractivity contribution in [3.63, 3.8) is 0 Å².